The first-order valence-corrected chi connectivity index (χ1v) is 6.30. The van der Waals surface area contributed by atoms with E-state index in [1.54, 1.807) is 0 Å². The molecule has 1 fully saturated rings. The molecule has 2 aliphatic heterocycles. The quantitative estimate of drug-likeness (QED) is 0.773. The zero-order valence-electron chi connectivity index (χ0n) is 10.3. The Morgan fingerprint density at radius 1 is 1.35 bits per heavy atom. The van der Waals surface area contributed by atoms with E-state index in [0.717, 1.165) is 18.7 Å². The number of carbonyl (C=O) groups is 1. The van der Waals surface area contributed by atoms with Crippen molar-refractivity contribution in [3.8, 4) is 0 Å². The summed E-state index contributed by atoms with van der Waals surface area (Å²) in [4.78, 5) is 12.4. The minimum Gasteiger partial charge on any atom is -0.325 e. The number of hydrogen-bond donors (Lipinski definition) is 2. The largest absolute Gasteiger partial charge is 0.325 e. The third kappa shape index (κ3) is 1.29. The van der Waals surface area contributed by atoms with Gasteiger partial charge < -0.3 is 10.6 Å². The van der Waals surface area contributed by atoms with Crippen LogP contribution in [0.2, 0.25) is 0 Å². The molecule has 0 radical (unpaired) electrons. The van der Waals surface area contributed by atoms with Crippen LogP contribution in [-0.4, -0.2) is 18.5 Å². The van der Waals surface area contributed by atoms with Gasteiger partial charge in [0.2, 0.25) is 5.91 Å². The standard InChI is InChI=1S/C14H18N2O/c1-9(2)12-14(7-8-15-12)10-5-3-4-6-11(10)16-13(14)17/h3-6,9,12,15H,7-8H2,1-2H3,(H,16,17). The van der Waals surface area contributed by atoms with Crippen molar-refractivity contribution in [1.82, 2.24) is 5.32 Å². The van der Waals surface area contributed by atoms with E-state index in [0.29, 0.717) is 5.92 Å². The number of benzene rings is 1. The highest BCUT2D eigenvalue weighted by atomic mass is 16.2. The fourth-order valence-electron chi connectivity index (χ4n) is 3.45. The van der Waals surface area contributed by atoms with Gasteiger partial charge in [-0.05, 0) is 30.5 Å². The molecule has 3 rings (SSSR count). The Morgan fingerprint density at radius 2 is 2.12 bits per heavy atom. The average molecular weight is 230 g/mol. The van der Waals surface area contributed by atoms with Gasteiger partial charge in [-0.2, -0.15) is 0 Å². The van der Waals surface area contributed by atoms with Crippen molar-refractivity contribution < 1.29 is 4.79 Å². The lowest BCUT2D eigenvalue weighted by Crippen LogP contribution is -2.48. The van der Waals surface area contributed by atoms with Crippen LogP contribution in [0.1, 0.15) is 25.8 Å². The number of amides is 1. The number of fused-ring (bicyclic) bond motifs is 2. The monoisotopic (exact) mass is 230 g/mol. The highest BCUT2D eigenvalue weighted by Crippen LogP contribution is 2.46. The van der Waals surface area contributed by atoms with Gasteiger partial charge in [0.1, 0.15) is 0 Å². The van der Waals surface area contributed by atoms with E-state index in [2.05, 4.69) is 30.5 Å². The summed E-state index contributed by atoms with van der Waals surface area (Å²) in [5.74, 6) is 0.622. The van der Waals surface area contributed by atoms with Crippen LogP contribution in [-0.2, 0) is 10.2 Å². The SMILES string of the molecule is CC(C)C1NCCC12C(=O)Nc1ccccc12. The van der Waals surface area contributed by atoms with E-state index < -0.39 is 0 Å². The predicted octanol–water partition coefficient (Wildman–Crippen LogP) is 1.89. The van der Waals surface area contributed by atoms with E-state index >= 15 is 0 Å². The van der Waals surface area contributed by atoms with Gasteiger partial charge in [-0.15, -0.1) is 0 Å². The molecule has 3 heteroatoms. The molecule has 0 aromatic heterocycles. The van der Waals surface area contributed by atoms with Gasteiger partial charge in [0.25, 0.3) is 0 Å². The zero-order chi connectivity index (χ0) is 12.0. The summed E-state index contributed by atoms with van der Waals surface area (Å²) in [5, 5.41) is 6.54. The Balaban J connectivity index is 2.16. The van der Waals surface area contributed by atoms with E-state index in [1.807, 2.05) is 18.2 Å². The summed E-state index contributed by atoms with van der Waals surface area (Å²) in [6.45, 7) is 5.28. The van der Waals surface area contributed by atoms with E-state index in [9.17, 15) is 4.79 Å². The van der Waals surface area contributed by atoms with Crippen molar-refractivity contribution in [1.29, 1.82) is 0 Å². The molecule has 3 nitrogen and oxygen atoms in total. The number of para-hydroxylation sites is 1. The lowest BCUT2D eigenvalue weighted by atomic mass is 9.71. The van der Waals surface area contributed by atoms with Crippen molar-refractivity contribution in [2.24, 2.45) is 5.92 Å². The molecule has 0 saturated carbocycles. The predicted molar refractivity (Wildman–Crippen MR) is 68.0 cm³/mol. The highest BCUT2D eigenvalue weighted by Gasteiger charge is 2.55. The van der Waals surface area contributed by atoms with Crippen LogP contribution < -0.4 is 10.6 Å². The van der Waals surface area contributed by atoms with Gasteiger partial charge in [0.15, 0.2) is 0 Å². The molecule has 2 heterocycles. The van der Waals surface area contributed by atoms with Gasteiger partial charge in [-0.3, -0.25) is 4.79 Å². The molecule has 2 atom stereocenters. The third-order valence-corrected chi connectivity index (χ3v) is 4.14. The smallest absolute Gasteiger partial charge is 0.236 e. The Kier molecular flexibility index (Phi) is 2.26. The topological polar surface area (TPSA) is 41.1 Å². The first kappa shape index (κ1) is 10.8. The van der Waals surface area contributed by atoms with Crippen LogP contribution in [0.4, 0.5) is 5.69 Å². The Morgan fingerprint density at radius 3 is 2.88 bits per heavy atom. The molecule has 2 aliphatic rings. The maximum absolute atomic E-state index is 12.4. The molecule has 1 spiro atoms. The van der Waals surface area contributed by atoms with Crippen LogP contribution in [0, 0.1) is 5.92 Å². The lowest BCUT2D eigenvalue weighted by molar-refractivity contribution is -0.121. The molecule has 2 N–H and O–H groups in total. The first-order chi connectivity index (χ1) is 8.16. The van der Waals surface area contributed by atoms with Gasteiger partial charge >= 0.3 is 0 Å². The van der Waals surface area contributed by atoms with Crippen molar-refractivity contribution in [2.75, 3.05) is 11.9 Å². The summed E-state index contributed by atoms with van der Waals surface area (Å²) in [7, 11) is 0. The van der Waals surface area contributed by atoms with Crippen molar-refractivity contribution >= 4 is 11.6 Å². The summed E-state index contributed by atoms with van der Waals surface area (Å²) in [6.07, 6.45) is 0.901. The van der Waals surface area contributed by atoms with Crippen molar-refractivity contribution in [3.63, 3.8) is 0 Å². The van der Waals surface area contributed by atoms with Gasteiger partial charge in [0, 0.05) is 11.7 Å². The first-order valence-electron chi connectivity index (χ1n) is 6.30. The van der Waals surface area contributed by atoms with Crippen LogP contribution in [0.5, 0.6) is 0 Å². The number of hydrogen-bond acceptors (Lipinski definition) is 2. The van der Waals surface area contributed by atoms with Crippen molar-refractivity contribution in [2.45, 2.75) is 31.7 Å². The lowest BCUT2D eigenvalue weighted by Gasteiger charge is -2.31. The van der Waals surface area contributed by atoms with E-state index in [1.165, 1.54) is 5.56 Å². The second kappa shape index (κ2) is 3.57. The fraction of sp³-hybridized carbons (Fsp3) is 0.500. The van der Waals surface area contributed by atoms with Gasteiger partial charge in [-0.1, -0.05) is 32.0 Å². The van der Waals surface area contributed by atoms with Gasteiger partial charge in [0.05, 0.1) is 5.41 Å². The normalized spacial score (nSPS) is 31.0. The average Bonchev–Trinajstić information content (AvgIpc) is 2.85. The van der Waals surface area contributed by atoms with Crippen LogP contribution in [0.25, 0.3) is 0 Å². The molecule has 0 bridgehead atoms. The molecule has 17 heavy (non-hydrogen) atoms. The Labute approximate surface area is 102 Å². The van der Waals surface area contributed by atoms with E-state index in [4.69, 9.17) is 0 Å². The highest BCUT2D eigenvalue weighted by molar-refractivity contribution is 6.07. The fourth-order valence-corrected chi connectivity index (χ4v) is 3.45. The molecule has 1 saturated heterocycles. The van der Waals surface area contributed by atoms with E-state index in [-0.39, 0.29) is 17.4 Å². The molecular weight excluding hydrogens is 212 g/mol. The Hall–Kier alpha value is -1.35. The molecular formula is C14H18N2O. The molecule has 1 amide bonds. The van der Waals surface area contributed by atoms with Crippen LogP contribution >= 0.6 is 0 Å². The maximum Gasteiger partial charge on any atom is 0.236 e. The molecule has 90 valence electrons. The van der Waals surface area contributed by atoms with Crippen LogP contribution in [0.15, 0.2) is 24.3 Å². The summed E-state index contributed by atoms with van der Waals surface area (Å²) >= 11 is 0. The summed E-state index contributed by atoms with van der Waals surface area (Å²) < 4.78 is 0. The molecule has 0 aliphatic carbocycles. The van der Waals surface area contributed by atoms with Crippen molar-refractivity contribution in [3.05, 3.63) is 29.8 Å². The number of nitrogens with one attached hydrogen (secondary N) is 2. The number of rotatable bonds is 1. The molecule has 2 unspecified atom stereocenters. The molecule has 1 aromatic carbocycles. The second-order valence-corrected chi connectivity index (χ2v) is 5.40. The second-order valence-electron chi connectivity index (χ2n) is 5.40. The molecule has 1 aromatic rings. The van der Waals surface area contributed by atoms with Gasteiger partial charge in [-0.25, -0.2) is 0 Å². The number of carbonyl (C=O) groups excluding carboxylic acids is 1. The number of anilines is 1. The van der Waals surface area contributed by atoms with Crippen LogP contribution in [0.3, 0.4) is 0 Å². The minimum absolute atomic E-state index is 0.169. The zero-order valence-corrected chi connectivity index (χ0v) is 10.3. The summed E-state index contributed by atoms with van der Waals surface area (Å²) in [5.41, 5.74) is 1.82. The third-order valence-electron chi connectivity index (χ3n) is 4.14. The summed E-state index contributed by atoms with van der Waals surface area (Å²) in [6, 6.07) is 8.33. The minimum atomic E-state index is -0.342. The Bertz CT molecular complexity index is 469. The maximum atomic E-state index is 12.4.